The van der Waals surface area contributed by atoms with Gasteiger partial charge in [0.25, 0.3) is 0 Å². The van der Waals surface area contributed by atoms with Gasteiger partial charge >= 0.3 is 0 Å². The second-order valence-electron chi connectivity index (χ2n) is 26.5. The summed E-state index contributed by atoms with van der Waals surface area (Å²) in [5, 5.41) is 21.8. The molecular weight excluding hydrogens is 1270 g/mol. The third kappa shape index (κ3) is 23.4. The summed E-state index contributed by atoms with van der Waals surface area (Å²) in [4.78, 5) is 196. The van der Waals surface area contributed by atoms with Crippen molar-refractivity contribution in [3.8, 4) is 0 Å². The standard InChI is InChI=1S/C72H107N13O14/c1-18-77(10)67(94)46(4)73-63(90)48(6)80(13)71(98)58(41-53-33-25-20-26-34-53)82(15)61(89)44-78(11)69(96)49(7)79(12)60(88)43-55(75-66(93)62(50(8)86)76-65(92)56(39-45(2)3)81(14)51(9)87)70(97)84(17)59(42-54-35-27-21-28-36-54)72(99)83(16)57(40-52-31-23-19-24-32-52)64(91)74-47(5)68(95)85-37-29-22-30-38-85/h19-21,23-28,31-36,45-50,55-59,62,86H,18,22,29-30,37-44H2,1-17H3,(H,73,90)(H,74,91)(H,75,93)(H,76,92)/t46-,47-,48-,49-,50+,55-,56-,57-,58-,59-,62-/m0/s1. The van der Waals surface area contributed by atoms with Crippen molar-refractivity contribution >= 4 is 76.8 Å². The van der Waals surface area contributed by atoms with Crippen LogP contribution in [0.5, 0.6) is 0 Å². The normalized spacial score (nSPS) is 15.4. The number of piperidine rings is 1. The van der Waals surface area contributed by atoms with Crippen molar-refractivity contribution < 1.29 is 67.4 Å². The van der Waals surface area contributed by atoms with E-state index >= 15 is 9.59 Å². The van der Waals surface area contributed by atoms with E-state index in [1.54, 1.807) is 117 Å². The lowest BCUT2D eigenvalue weighted by Gasteiger charge is -2.37. The zero-order chi connectivity index (χ0) is 74.3. The van der Waals surface area contributed by atoms with Gasteiger partial charge in [-0.15, -0.1) is 0 Å². The van der Waals surface area contributed by atoms with Crippen molar-refractivity contribution in [2.75, 3.05) is 82.6 Å². The molecule has 13 amide bonds. The minimum absolute atomic E-state index is 0.000751. The first-order valence-corrected chi connectivity index (χ1v) is 33.9. The maximum Gasteiger partial charge on any atom is 0.246 e. The highest BCUT2D eigenvalue weighted by Crippen LogP contribution is 2.21. The first-order valence-electron chi connectivity index (χ1n) is 33.9. The molecule has 0 bridgehead atoms. The van der Waals surface area contributed by atoms with Gasteiger partial charge in [-0.3, -0.25) is 62.3 Å². The number of hydrogen-bond donors (Lipinski definition) is 5. The van der Waals surface area contributed by atoms with Crippen molar-refractivity contribution in [2.24, 2.45) is 5.92 Å². The van der Waals surface area contributed by atoms with Crippen molar-refractivity contribution in [2.45, 2.75) is 180 Å². The van der Waals surface area contributed by atoms with E-state index in [-0.39, 0.29) is 43.4 Å². The molecule has 1 aliphatic rings. The van der Waals surface area contributed by atoms with E-state index in [1.165, 1.54) is 104 Å². The summed E-state index contributed by atoms with van der Waals surface area (Å²) in [6.07, 6.45) is 0.0264. The fourth-order valence-corrected chi connectivity index (χ4v) is 11.5. The number of benzene rings is 3. The van der Waals surface area contributed by atoms with Crippen LogP contribution in [0.4, 0.5) is 0 Å². The van der Waals surface area contributed by atoms with E-state index in [2.05, 4.69) is 21.3 Å². The Morgan fingerprint density at radius 1 is 0.444 bits per heavy atom. The van der Waals surface area contributed by atoms with Gasteiger partial charge in [0, 0.05) is 102 Å². The van der Waals surface area contributed by atoms with E-state index in [4.69, 9.17) is 0 Å². The van der Waals surface area contributed by atoms with Crippen molar-refractivity contribution in [1.29, 1.82) is 0 Å². The van der Waals surface area contributed by atoms with Crippen LogP contribution >= 0.6 is 0 Å². The molecule has 27 nitrogen and oxygen atoms in total. The van der Waals surface area contributed by atoms with E-state index in [9.17, 15) is 57.8 Å². The Hall–Kier alpha value is -9.27. The highest BCUT2D eigenvalue weighted by atomic mass is 16.3. The van der Waals surface area contributed by atoms with Gasteiger partial charge in [-0.1, -0.05) is 105 Å². The molecule has 0 radical (unpaired) electrons. The Morgan fingerprint density at radius 2 is 0.899 bits per heavy atom. The number of aliphatic hydroxyl groups is 1. The van der Waals surface area contributed by atoms with Crippen LogP contribution in [0.1, 0.15) is 111 Å². The highest BCUT2D eigenvalue weighted by molar-refractivity contribution is 6.00. The molecule has 0 aliphatic carbocycles. The molecular formula is C72H107N13O14. The van der Waals surface area contributed by atoms with Gasteiger partial charge in [-0.2, -0.15) is 0 Å². The number of likely N-dealkylation sites (tertiary alicyclic amines) is 1. The minimum Gasteiger partial charge on any atom is -0.391 e. The Balaban J connectivity index is 1.73. The summed E-state index contributed by atoms with van der Waals surface area (Å²) >= 11 is 0. The number of nitrogens with zero attached hydrogens (tertiary/aromatic N) is 9. The van der Waals surface area contributed by atoms with Crippen molar-refractivity contribution in [3.05, 3.63) is 108 Å². The van der Waals surface area contributed by atoms with Crippen LogP contribution in [-0.4, -0.2) is 275 Å². The summed E-state index contributed by atoms with van der Waals surface area (Å²) in [5.74, 6) is -9.23. The Morgan fingerprint density at radius 3 is 1.37 bits per heavy atom. The summed E-state index contributed by atoms with van der Waals surface area (Å²) < 4.78 is 0. The first-order chi connectivity index (χ1) is 46.5. The van der Waals surface area contributed by atoms with Gasteiger partial charge in [-0.05, 0) is 89.8 Å². The summed E-state index contributed by atoms with van der Waals surface area (Å²) in [5.41, 5.74) is 1.90. The van der Waals surface area contributed by atoms with Crippen LogP contribution < -0.4 is 21.3 Å². The van der Waals surface area contributed by atoms with Crippen LogP contribution in [0, 0.1) is 5.92 Å². The molecule has 4 rings (SSSR count). The topological polar surface area (TPSA) is 319 Å². The average molecular weight is 1380 g/mol. The van der Waals surface area contributed by atoms with Gasteiger partial charge in [-0.25, -0.2) is 0 Å². The lowest BCUT2D eigenvalue weighted by molar-refractivity contribution is -0.151. The van der Waals surface area contributed by atoms with E-state index in [0.717, 1.165) is 38.9 Å². The van der Waals surface area contributed by atoms with Crippen LogP contribution in [0.15, 0.2) is 91.0 Å². The van der Waals surface area contributed by atoms with Gasteiger partial charge < -0.3 is 70.5 Å². The smallest absolute Gasteiger partial charge is 0.246 e. The molecule has 544 valence electrons. The summed E-state index contributed by atoms with van der Waals surface area (Å²) in [6, 6.07) is 13.2. The molecule has 0 spiro atoms. The van der Waals surface area contributed by atoms with Crippen LogP contribution in [0.25, 0.3) is 0 Å². The number of rotatable bonds is 34. The van der Waals surface area contributed by atoms with Gasteiger partial charge in [0.2, 0.25) is 76.8 Å². The molecule has 3 aromatic carbocycles. The number of carbonyl (C=O) groups is 13. The maximum absolute atomic E-state index is 15.6. The number of hydrogen-bond acceptors (Lipinski definition) is 14. The molecule has 5 N–H and O–H groups in total. The largest absolute Gasteiger partial charge is 0.391 e. The molecule has 0 aromatic heterocycles. The van der Waals surface area contributed by atoms with Gasteiger partial charge in [0.1, 0.15) is 60.4 Å². The maximum atomic E-state index is 15.6. The summed E-state index contributed by atoms with van der Waals surface area (Å²) in [7, 11) is 11.0. The molecule has 0 saturated carbocycles. The predicted molar refractivity (Wildman–Crippen MR) is 373 cm³/mol. The molecule has 3 aromatic rings. The lowest BCUT2D eigenvalue weighted by atomic mass is 9.99. The van der Waals surface area contributed by atoms with Crippen LogP contribution in [0.3, 0.4) is 0 Å². The van der Waals surface area contributed by atoms with Gasteiger partial charge in [0.15, 0.2) is 0 Å². The second kappa shape index (κ2) is 38.8. The SMILES string of the molecule is CCN(C)C(=O)[C@H](C)NC(=O)[C@H](C)N(C)C(=O)[C@H](Cc1ccccc1)N(C)C(=O)CN(C)C(=O)[C@H](C)N(C)C(=O)C[C@H](NC(=O)[C@@H](NC(=O)[C@H](CC(C)C)N(C)C(C)=O)[C@@H](C)O)C(=O)N(C)[C@@H](Cc1ccccc1)C(=O)N(C)[C@@H](Cc1ccccc1)C(=O)N[C@@H](C)C(=O)N1CCCCC1. The Kier molecular flexibility index (Phi) is 32.2. The third-order valence-corrected chi connectivity index (χ3v) is 18.6. The number of carbonyl (C=O) groups excluding carboxylic acids is 13. The molecule has 11 atom stereocenters. The number of nitrogens with one attached hydrogen (secondary N) is 4. The molecule has 99 heavy (non-hydrogen) atoms. The van der Waals surface area contributed by atoms with E-state index < -0.39 is 144 Å². The minimum atomic E-state index is -1.92. The summed E-state index contributed by atoms with van der Waals surface area (Å²) in [6.45, 7) is 14.7. The number of aliphatic hydroxyl groups excluding tert-OH is 1. The quantitative estimate of drug-likeness (QED) is 0.0566. The first kappa shape index (κ1) is 82.2. The van der Waals surface area contributed by atoms with Gasteiger partial charge in [0.05, 0.1) is 19.1 Å². The highest BCUT2D eigenvalue weighted by Gasteiger charge is 2.42. The second-order valence-corrected chi connectivity index (χ2v) is 26.5. The van der Waals surface area contributed by atoms with Crippen molar-refractivity contribution in [1.82, 2.24) is 65.4 Å². The fraction of sp³-hybridized carbons (Fsp3) is 0.569. The zero-order valence-corrected chi connectivity index (χ0v) is 60.9. The Labute approximate surface area is 583 Å². The van der Waals surface area contributed by atoms with Crippen LogP contribution in [-0.2, 0) is 81.6 Å². The molecule has 1 saturated heterocycles. The van der Waals surface area contributed by atoms with E-state index in [1.807, 2.05) is 13.8 Å². The molecule has 27 heteroatoms. The third-order valence-electron chi connectivity index (χ3n) is 18.6. The van der Waals surface area contributed by atoms with E-state index in [0.29, 0.717) is 36.3 Å². The zero-order valence-electron chi connectivity index (χ0n) is 60.9. The average Bonchev–Trinajstić information content (AvgIpc) is 0.817. The van der Waals surface area contributed by atoms with Crippen LogP contribution in [0.2, 0.25) is 0 Å². The fourth-order valence-electron chi connectivity index (χ4n) is 11.5. The molecule has 1 fully saturated rings. The number of likely N-dealkylation sites (N-methyl/N-ethyl adjacent to an activating group) is 8. The number of amides is 13. The van der Waals surface area contributed by atoms with Crippen molar-refractivity contribution in [3.63, 3.8) is 0 Å². The molecule has 1 heterocycles. The monoisotopic (exact) mass is 1380 g/mol. The molecule has 0 unspecified atom stereocenters. The lowest BCUT2D eigenvalue weighted by Crippen LogP contribution is -2.62. The Bertz CT molecular complexity index is 3260. The predicted octanol–water partition coefficient (Wildman–Crippen LogP) is 1.48. The molecule has 1 aliphatic heterocycles.